The van der Waals surface area contributed by atoms with E-state index in [4.69, 9.17) is 5.73 Å². The molecule has 4 N–H and O–H groups in total. The van der Waals surface area contributed by atoms with Crippen LogP contribution in [0.1, 0.15) is 29.9 Å². The first-order chi connectivity index (χ1) is 9.31. The molecule has 0 aliphatic rings. The monoisotopic (exact) mass is 294 g/mol. The van der Waals surface area contributed by atoms with Gasteiger partial charge in [0.25, 0.3) is 10.0 Å². The van der Waals surface area contributed by atoms with Crippen molar-refractivity contribution in [3.63, 3.8) is 0 Å². The molecule has 7 heteroatoms. The van der Waals surface area contributed by atoms with Crippen LogP contribution in [0.2, 0.25) is 0 Å². The van der Waals surface area contributed by atoms with Crippen LogP contribution in [0.15, 0.2) is 29.2 Å². The Morgan fingerprint density at radius 2 is 1.85 bits per heavy atom. The van der Waals surface area contributed by atoms with Gasteiger partial charge >= 0.3 is 0 Å². The van der Waals surface area contributed by atoms with Crippen molar-refractivity contribution in [3.05, 3.63) is 41.2 Å². The van der Waals surface area contributed by atoms with Gasteiger partial charge in [0, 0.05) is 11.7 Å². The molecule has 0 fully saturated rings. The van der Waals surface area contributed by atoms with E-state index < -0.39 is 10.0 Å². The lowest BCUT2D eigenvalue weighted by Crippen LogP contribution is -2.14. The van der Waals surface area contributed by atoms with Gasteiger partial charge < -0.3 is 5.73 Å². The lowest BCUT2D eigenvalue weighted by molar-refractivity contribution is 0.600. The van der Waals surface area contributed by atoms with Crippen LogP contribution in [-0.4, -0.2) is 18.6 Å². The number of anilines is 1. The summed E-state index contributed by atoms with van der Waals surface area (Å²) in [6.45, 7) is 5.20. The average molecular weight is 294 g/mol. The SMILES string of the molecule is Cc1n[nH]c(C)c1S(=O)(=O)Nc1ccc(C(C)N)cc1. The largest absolute Gasteiger partial charge is 0.324 e. The second-order valence-electron chi connectivity index (χ2n) is 4.78. The number of sulfonamides is 1. The molecule has 1 aromatic carbocycles. The number of rotatable bonds is 4. The minimum Gasteiger partial charge on any atom is -0.324 e. The van der Waals surface area contributed by atoms with E-state index in [1.165, 1.54) is 0 Å². The number of nitrogens with two attached hydrogens (primary N) is 1. The van der Waals surface area contributed by atoms with Crippen LogP contribution >= 0.6 is 0 Å². The zero-order valence-corrected chi connectivity index (χ0v) is 12.5. The Labute approximate surface area is 118 Å². The summed E-state index contributed by atoms with van der Waals surface area (Å²) in [4.78, 5) is 0.189. The van der Waals surface area contributed by atoms with E-state index in [0.717, 1.165) is 5.56 Å². The first-order valence-electron chi connectivity index (χ1n) is 6.21. The molecule has 0 aliphatic heterocycles. The molecule has 108 valence electrons. The highest BCUT2D eigenvalue weighted by molar-refractivity contribution is 7.92. The summed E-state index contributed by atoms with van der Waals surface area (Å²) >= 11 is 0. The zero-order chi connectivity index (χ0) is 14.9. The minimum absolute atomic E-state index is 0.0842. The van der Waals surface area contributed by atoms with Gasteiger partial charge in [-0.2, -0.15) is 5.10 Å². The van der Waals surface area contributed by atoms with Crippen molar-refractivity contribution in [1.29, 1.82) is 0 Å². The smallest absolute Gasteiger partial charge is 0.265 e. The predicted molar refractivity (Wildman–Crippen MR) is 77.9 cm³/mol. The molecule has 0 saturated heterocycles. The molecule has 2 rings (SSSR count). The summed E-state index contributed by atoms with van der Waals surface area (Å²) in [5, 5.41) is 6.57. The molecule has 1 aromatic heterocycles. The Morgan fingerprint density at radius 3 is 2.30 bits per heavy atom. The van der Waals surface area contributed by atoms with Gasteiger partial charge in [0.05, 0.1) is 11.4 Å². The lowest BCUT2D eigenvalue weighted by atomic mass is 10.1. The summed E-state index contributed by atoms with van der Waals surface area (Å²) in [5.74, 6) is 0. The summed E-state index contributed by atoms with van der Waals surface area (Å²) in [7, 11) is -3.64. The highest BCUT2D eigenvalue weighted by atomic mass is 32.2. The summed E-state index contributed by atoms with van der Waals surface area (Å²) < 4.78 is 27.2. The maximum Gasteiger partial charge on any atom is 0.265 e. The molecule has 2 aromatic rings. The van der Waals surface area contributed by atoms with Crippen molar-refractivity contribution in [2.24, 2.45) is 5.73 Å². The predicted octanol–water partition coefficient (Wildman–Crippen LogP) is 1.85. The number of aromatic amines is 1. The number of nitrogens with one attached hydrogen (secondary N) is 2. The Hall–Kier alpha value is -1.86. The van der Waals surface area contributed by atoms with Crippen molar-refractivity contribution in [1.82, 2.24) is 10.2 Å². The van der Waals surface area contributed by atoms with Gasteiger partial charge in [0.2, 0.25) is 0 Å². The lowest BCUT2D eigenvalue weighted by Gasteiger charge is -2.10. The van der Waals surface area contributed by atoms with Crippen LogP contribution in [0.4, 0.5) is 5.69 Å². The van der Waals surface area contributed by atoms with Crippen molar-refractivity contribution in [2.45, 2.75) is 31.7 Å². The maximum atomic E-state index is 12.3. The van der Waals surface area contributed by atoms with Crippen molar-refractivity contribution in [2.75, 3.05) is 4.72 Å². The quantitative estimate of drug-likeness (QED) is 0.801. The van der Waals surface area contributed by atoms with Crippen LogP contribution in [0.25, 0.3) is 0 Å². The van der Waals surface area contributed by atoms with Crippen LogP contribution in [0, 0.1) is 13.8 Å². The van der Waals surface area contributed by atoms with E-state index in [0.29, 0.717) is 17.1 Å². The molecule has 1 atom stereocenters. The molecular formula is C13H18N4O2S. The Morgan fingerprint density at radius 1 is 1.25 bits per heavy atom. The van der Waals surface area contributed by atoms with E-state index in [1.807, 2.05) is 6.92 Å². The highest BCUT2D eigenvalue weighted by Crippen LogP contribution is 2.21. The third-order valence-electron chi connectivity index (χ3n) is 3.02. The van der Waals surface area contributed by atoms with E-state index in [9.17, 15) is 8.42 Å². The maximum absolute atomic E-state index is 12.3. The van der Waals surface area contributed by atoms with Gasteiger partial charge in [-0.15, -0.1) is 0 Å². The summed E-state index contributed by atoms with van der Waals surface area (Å²) in [6, 6.07) is 6.91. The zero-order valence-electron chi connectivity index (χ0n) is 11.6. The first kappa shape index (κ1) is 14.5. The molecule has 6 nitrogen and oxygen atoms in total. The molecule has 0 amide bonds. The molecule has 1 heterocycles. The fourth-order valence-corrected chi connectivity index (χ4v) is 3.43. The van der Waals surface area contributed by atoms with Gasteiger partial charge in [0.15, 0.2) is 0 Å². The third-order valence-corrected chi connectivity index (χ3v) is 4.66. The topological polar surface area (TPSA) is 101 Å². The van der Waals surface area contributed by atoms with Gasteiger partial charge in [-0.3, -0.25) is 9.82 Å². The van der Waals surface area contributed by atoms with E-state index >= 15 is 0 Å². The highest BCUT2D eigenvalue weighted by Gasteiger charge is 2.22. The van der Waals surface area contributed by atoms with E-state index in [2.05, 4.69) is 14.9 Å². The number of benzene rings is 1. The molecular weight excluding hydrogens is 276 g/mol. The Bertz CT molecular complexity index is 683. The molecule has 1 unspecified atom stereocenters. The molecule has 0 aliphatic carbocycles. The summed E-state index contributed by atoms with van der Waals surface area (Å²) in [5.41, 5.74) is 8.16. The van der Waals surface area contributed by atoms with Crippen molar-refractivity contribution in [3.8, 4) is 0 Å². The van der Waals surface area contributed by atoms with Gasteiger partial charge in [-0.1, -0.05) is 12.1 Å². The third kappa shape index (κ3) is 2.83. The number of aromatic nitrogens is 2. The minimum atomic E-state index is -3.64. The van der Waals surface area contributed by atoms with Gasteiger partial charge in [0.1, 0.15) is 4.90 Å². The molecule has 0 radical (unpaired) electrons. The van der Waals surface area contributed by atoms with Gasteiger partial charge in [-0.25, -0.2) is 8.42 Å². The number of H-pyrrole nitrogens is 1. The standard InChI is InChI=1S/C13H18N4O2S/c1-8(14)11-4-6-12(7-5-11)17-20(18,19)13-9(2)15-16-10(13)3/h4-8,17H,14H2,1-3H3,(H,15,16). The van der Waals surface area contributed by atoms with Crippen LogP contribution in [0.5, 0.6) is 0 Å². The number of nitrogens with zero attached hydrogens (tertiary/aromatic N) is 1. The summed E-state index contributed by atoms with van der Waals surface area (Å²) in [6.07, 6.45) is 0. The van der Waals surface area contributed by atoms with Crippen molar-refractivity contribution >= 4 is 15.7 Å². The Kier molecular flexibility index (Phi) is 3.82. The Balaban J connectivity index is 2.29. The molecule has 0 spiro atoms. The van der Waals surface area contributed by atoms with Gasteiger partial charge in [-0.05, 0) is 38.5 Å². The number of hydrogen-bond acceptors (Lipinski definition) is 4. The van der Waals surface area contributed by atoms with Crippen LogP contribution in [0.3, 0.4) is 0 Å². The second-order valence-corrected chi connectivity index (χ2v) is 6.40. The first-order valence-corrected chi connectivity index (χ1v) is 7.69. The normalized spacial score (nSPS) is 13.2. The number of hydrogen-bond donors (Lipinski definition) is 3. The van der Waals surface area contributed by atoms with Crippen LogP contribution < -0.4 is 10.5 Å². The van der Waals surface area contributed by atoms with E-state index in [-0.39, 0.29) is 10.9 Å². The van der Waals surface area contributed by atoms with Crippen LogP contribution in [-0.2, 0) is 10.0 Å². The molecule has 0 bridgehead atoms. The molecule has 0 saturated carbocycles. The average Bonchev–Trinajstić information content (AvgIpc) is 2.69. The van der Waals surface area contributed by atoms with E-state index in [1.54, 1.807) is 38.1 Å². The van der Waals surface area contributed by atoms with Crippen molar-refractivity contribution < 1.29 is 8.42 Å². The second kappa shape index (κ2) is 5.26. The molecule has 20 heavy (non-hydrogen) atoms. The fourth-order valence-electron chi connectivity index (χ4n) is 2.00. The fraction of sp³-hybridized carbons (Fsp3) is 0.308. The number of aryl methyl sites for hydroxylation is 2.